The number of carbonyl (C=O) groups is 1. The summed E-state index contributed by atoms with van der Waals surface area (Å²) in [6, 6.07) is 0. The second kappa shape index (κ2) is 9.93. The molecule has 0 aliphatic heterocycles. The van der Waals surface area contributed by atoms with Crippen LogP contribution < -0.4 is 16.0 Å². The van der Waals surface area contributed by atoms with Crippen molar-refractivity contribution in [3.63, 3.8) is 0 Å². The van der Waals surface area contributed by atoms with Crippen molar-refractivity contribution >= 4 is 35.8 Å². The average molecular weight is 464 g/mol. The van der Waals surface area contributed by atoms with Gasteiger partial charge in [0.15, 0.2) is 11.8 Å². The summed E-state index contributed by atoms with van der Waals surface area (Å²) in [5.74, 6) is 2.22. The molecule has 1 aromatic rings. The van der Waals surface area contributed by atoms with Crippen LogP contribution in [-0.2, 0) is 16.8 Å². The highest BCUT2D eigenvalue weighted by Crippen LogP contribution is 2.28. The summed E-state index contributed by atoms with van der Waals surface area (Å²) in [4.78, 5) is 20.4. The predicted octanol–water partition coefficient (Wildman–Crippen LogP) is 1.57. The Hall–Kier alpha value is -1.39. The normalized spacial score (nSPS) is 14.6. The summed E-state index contributed by atoms with van der Waals surface area (Å²) in [6.45, 7) is 10.3. The summed E-state index contributed by atoms with van der Waals surface area (Å²) in [6.07, 6.45) is 2.04. The molecular weight excluding hydrogens is 435 g/mol. The van der Waals surface area contributed by atoms with E-state index in [-0.39, 0.29) is 41.2 Å². The van der Waals surface area contributed by atoms with Crippen molar-refractivity contribution in [2.24, 2.45) is 10.9 Å². The second-order valence-corrected chi connectivity index (χ2v) is 6.95. The number of nitrogens with zero attached hydrogens (tertiary/aromatic N) is 3. The van der Waals surface area contributed by atoms with E-state index in [1.807, 2.05) is 27.7 Å². The van der Waals surface area contributed by atoms with Crippen molar-refractivity contribution in [2.45, 2.75) is 52.5 Å². The number of rotatable bonds is 7. The maximum absolute atomic E-state index is 11.6. The van der Waals surface area contributed by atoms with Crippen LogP contribution in [0.3, 0.4) is 0 Å². The van der Waals surface area contributed by atoms with E-state index in [0.717, 1.165) is 19.4 Å². The molecule has 0 spiro atoms. The molecule has 1 heterocycles. The molecule has 1 fully saturated rings. The van der Waals surface area contributed by atoms with Crippen LogP contribution in [0.5, 0.6) is 0 Å². The fourth-order valence-electron chi connectivity index (χ4n) is 1.97. The molecule has 2 rings (SSSR count). The summed E-state index contributed by atoms with van der Waals surface area (Å²) in [7, 11) is 0. The Kier molecular flexibility index (Phi) is 8.60. The van der Waals surface area contributed by atoms with Crippen molar-refractivity contribution in [3.05, 3.63) is 11.7 Å². The molecule has 1 aliphatic rings. The Labute approximate surface area is 166 Å². The molecule has 0 unspecified atom stereocenters. The molecule has 3 N–H and O–H groups in total. The molecule has 1 aromatic heterocycles. The molecule has 1 aliphatic carbocycles. The highest BCUT2D eigenvalue weighted by atomic mass is 127. The number of carbonyl (C=O) groups excluding carboxylic acids is 1. The minimum atomic E-state index is -0.169. The van der Waals surface area contributed by atoms with E-state index in [1.165, 1.54) is 0 Å². The summed E-state index contributed by atoms with van der Waals surface area (Å²) >= 11 is 0. The molecule has 1 amide bonds. The van der Waals surface area contributed by atoms with Gasteiger partial charge in [0.25, 0.3) is 0 Å². The van der Waals surface area contributed by atoms with Crippen molar-refractivity contribution in [3.8, 4) is 0 Å². The number of nitrogens with one attached hydrogen (secondary N) is 3. The quantitative estimate of drug-likeness (QED) is 0.245. The van der Waals surface area contributed by atoms with Gasteiger partial charge in [-0.15, -0.1) is 24.0 Å². The largest absolute Gasteiger partial charge is 0.357 e. The first-order valence-corrected chi connectivity index (χ1v) is 8.53. The van der Waals surface area contributed by atoms with Gasteiger partial charge in [-0.25, -0.2) is 4.99 Å². The van der Waals surface area contributed by atoms with Gasteiger partial charge in [-0.1, -0.05) is 25.9 Å². The van der Waals surface area contributed by atoms with Gasteiger partial charge in [0.05, 0.1) is 0 Å². The SMILES string of the molecule is CCNC(=NCc1noc(C(C)(C)C)n1)NCCNC(=O)C1CC1.I. The van der Waals surface area contributed by atoms with Crippen LogP contribution >= 0.6 is 24.0 Å². The van der Waals surface area contributed by atoms with Crippen LogP contribution in [0.15, 0.2) is 9.52 Å². The second-order valence-electron chi connectivity index (χ2n) is 6.95. The Morgan fingerprint density at radius 2 is 1.92 bits per heavy atom. The molecule has 8 nitrogen and oxygen atoms in total. The fraction of sp³-hybridized carbons (Fsp3) is 0.750. The van der Waals surface area contributed by atoms with E-state index < -0.39 is 0 Å². The summed E-state index contributed by atoms with van der Waals surface area (Å²) in [5, 5.41) is 13.2. The summed E-state index contributed by atoms with van der Waals surface area (Å²) < 4.78 is 5.26. The minimum Gasteiger partial charge on any atom is -0.357 e. The zero-order chi connectivity index (χ0) is 17.6. The molecule has 0 atom stereocenters. The van der Waals surface area contributed by atoms with Crippen LogP contribution in [0, 0.1) is 5.92 Å². The lowest BCUT2D eigenvalue weighted by Crippen LogP contribution is -2.41. The monoisotopic (exact) mass is 464 g/mol. The first-order chi connectivity index (χ1) is 11.4. The Balaban J connectivity index is 0.00000312. The van der Waals surface area contributed by atoms with Crippen LogP contribution in [0.2, 0.25) is 0 Å². The van der Waals surface area contributed by atoms with Crippen LogP contribution in [0.4, 0.5) is 0 Å². The van der Waals surface area contributed by atoms with E-state index in [2.05, 4.69) is 31.1 Å². The van der Waals surface area contributed by atoms with Crippen molar-refractivity contribution < 1.29 is 9.32 Å². The van der Waals surface area contributed by atoms with Gasteiger partial charge in [-0.2, -0.15) is 4.98 Å². The lowest BCUT2D eigenvalue weighted by atomic mass is 9.97. The average Bonchev–Trinajstić information content (AvgIpc) is 3.25. The number of amides is 1. The van der Waals surface area contributed by atoms with E-state index in [1.54, 1.807) is 0 Å². The number of aliphatic imine (C=N–C) groups is 1. The molecule has 0 radical (unpaired) electrons. The number of hydrogen-bond acceptors (Lipinski definition) is 5. The smallest absolute Gasteiger partial charge is 0.232 e. The fourth-order valence-corrected chi connectivity index (χ4v) is 1.97. The zero-order valence-electron chi connectivity index (χ0n) is 15.4. The van der Waals surface area contributed by atoms with Crippen LogP contribution in [-0.4, -0.2) is 41.6 Å². The zero-order valence-corrected chi connectivity index (χ0v) is 17.7. The standard InChI is InChI=1S/C16H28N6O2.HI/c1-5-17-15(19-9-8-18-13(23)11-6-7-11)20-10-12-21-14(24-22-12)16(2,3)4;/h11H,5-10H2,1-4H3,(H,18,23)(H2,17,19,20);1H. The van der Waals surface area contributed by atoms with Gasteiger partial charge in [0, 0.05) is 31.0 Å². The predicted molar refractivity (Wildman–Crippen MR) is 107 cm³/mol. The summed E-state index contributed by atoms with van der Waals surface area (Å²) in [5.41, 5.74) is -0.169. The molecule has 0 aromatic carbocycles. The van der Waals surface area contributed by atoms with Gasteiger partial charge in [-0.05, 0) is 19.8 Å². The molecule has 142 valence electrons. The number of hydrogen-bond donors (Lipinski definition) is 3. The van der Waals surface area contributed by atoms with Gasteiger partial charge in [-0.3, -0.25) is 4.79 Å². The molecule has 0 saturated heterocycles. The maximum atomic E-state index is 11.6. The van der Waals surface area contributed by atoms with E-state index in [0.29, 0.717) is 37.3 Å². The molecular formula is C16H29IN6O2. The Morgan fingerprint density at radius 1 is 1.24 bits per heavy atom. The van der Waals surface area contributed by atoms with E-state index in [9.17, 15) is 4.79 Å². The van der Waals surface area contributed by atoms with Crippen molar-refractivity contribution in [1.29, 1.82) is 0 Å². The number of aromatic nitrogens is 2. The first kappa shape index (κ1) is 21.7. The first-order valence-electron chi connectivity index (χ1n) is 8.53. The lowest BCUT2D eigenvalue weighted by Gasteiger charge is -2.11. The van der Waals surface area contributed by atoms with Crippen LogP contribution in [0.1, 0.15) is 52.3 Å². The Morgan fingerprint density at radius 3 is 2.48 bits per heavy atom. The van der Waals surface area contributed by atoms with Crippen molar-refractivity contribution in [1.82, 2.24) is 26.1 Å². The van der Waals surface area contributed by atoms with Crippen molar-refractivity contribution in [2.75, 3.05) is 19.6 Å². The molecule has 0 bridgehead atoms. The third-order valence-corrected chi connectivity index (χ3v) is 3.50. The van der Waals surface area contributed by atoms with Gasteiger partial charge >= 0.3 is 0 Å². The third kappa shape index (κ3) is 7.57. The van der Waals surface area contributed by atoms with E-state index in [4.69, 9.17) is 4.52 Å². The molecule has 9 heteroatoms. The highest BCUT2D eigenvalue weighted by molar-refractivity contribution is 14.0. The lowest BCUT2D eigenvalue weighted by molar-refractivity contribution is -0.122. The van der Waals surface area contributed by atoms with Crippen LogP contribution in [0.25, 0.3) is 0 Å². The Bertz CT molecular complexity index is 577. The van der Waals surface area contributed by atoms with E-state index >= 15 is 0 Å². The highest BCUT2D eigenvalue weighted by Gasteiger charge is 2.29. The molecule has 25 heavy (non-hydrogen) atoms. The van der Waals surface area contributed by atoms with Gasteiger partial charge in [0.2, 0.25) is 11.8 Å². The number of halogens is 1. The minimum absolute atomic E-state index is 0. The number of guanidine groups is 1. The topological polar surface area (TPSA) is 104 Å². The third-order valence-electron chi connectivity index (χ3n) is 3.50. The maximum Gasteiger partial charge on any atom is 0.232 e. The van der Waals surface area contributed by atoms with Gasteiger partial charge in [0.1, 0.15) is 6.54 Å². The van der Waals surface area contributed by atoms with Gasteiger partial charge < -0.3 is 20.5 Å². The molecule has 1 saturated carbocycles.